The van der Waals surface area contributed by atoms with Crippen LogP contribution in [-0.4, -0.2) is 9.91 Å². The van der Waals surface area contributed by atoms with Crippen molar-refractivity contribution in [1.29, 1.82) is 0 Å². The lowest BCUT2D eigenvalue weighted by atomic mass is 10.00. The fraction of sp³-hybridized carbons (Fsp3) is 0.154. The second-order valence-electron chi connectivity index (χ2n) is 3.98. The molecule has 0 radical (unpaired) electrons. The van der Waals surface area contributed by atoms with Gasteiger partial charge in [0, 0.05) is 17.8 Å². The van der Waals surface area contributed by atoms with E-state index in [1.807, 2.05) is 30.3 Å². The molecule has 0 fully saturated rings. The SMILES string of the molecule is NC(Cc1ccncc1[N+](=O)[O-])c1ccccc1. The summed E-state index contributed by atoms with van der Waals surface area (Å²) >= 11 is 0. The molecule has 2 N–H and O–H groups in total. The summed E-state index contributed by atoms with van der Waals surface area (Å²) in [5, 5.41) is 10.9. The Hall–Kier alpha value is -2.27. The van der Waals surface area contributed by atoms with Crippen LogP contribution in [0.25, 0.3) is 0 Å². The Kier molecular flexibility index (Phi) is 3.64. The minimum Gasteiger partial charge on any atom is -0.324 e. The summed E-state index contributed by atoms with van der Waals surface area (Å²) in [7, 11) is 0. The fourth-order valence-electron chi connectivity index (χ4n) is 1.81. The third kappa shape index (κ3) is 2.70. The molecule has 1 aromatic heterocycles. The Morgan fingerprint density at radius 3 is 2.67 bits per heavy atom. The first kappa shape index (κ1) is 12.2. The lowest BCUT2D eigenvalue weighted by Crippen LogP contribution is -2.14. The topological polar surface area (TPSA) is 82.0 Å². The molecular weight excluding hydrogens is 230 g/mol. The van der Waals surface area contributed by atoms with Crippen molar-refractivity contribution in [3.05, 3.63) is 70.0 Å². The Morgan fingerprint density at radius 1 is 1.28 bits per heavy atom. The van der Waals surface area contributed by atoms with Gasteiger partial charge in [0.2, 0.25) is 0 Å². The van der Waals surface area contributed by atoms with Crippen LogP contribution in [0.4, 0.5) is 5.69 Å². The first-order valence-electron chi connectivity index (χ1n) is 5.56. The van der Waals surface area contributed by atoms with Crippen molar-refractivity contribution in [3.63, 3.8) is 0 Å². The number of pyridine rings is 1. The molecule has 5 heteroatoms. The molecule has 5 nitrogen and oxygen atoms in total. The van der Waals surface area contributed by atoms with Gasteiger partial charge in [-0.3, -0.25) is 15.1 Å². The van der Waals surface area contributed by atoms with E-state index in [1.54, 1.807) is 12.3 Å². The van der Waals surface area contributed by atoms with E-state index in [9.17, 15) is 10.1 Å². The molecule has 0 aliphatic carbocycles. The minimum absolute atomic E-state index is 0.0175. The Balaban J connectivity index is 2.22. The van der Waals surface area contributed by atoms with Gasteiger partial charge in [-0.05, 0) is 18.1 Å². The highest BCUT2D eigenvalue weighted by molar-refractivity contribution is 5.38. The molecule has 92 valence electrons. The van der Waals surface area contributed by atoms with Crippen molar-refractivity contribution >= 4 is 5.69 Å². The van der Waals surface area contributed by atoms with E-state index in [0.717, 1.165) is 5.56 Å². The zero-order chi connectivity index (χ0) is 13.0. The van der Waals surface area contributed by atoms with Crippen LogP contribution in [-0.2, 0) is 6.42 Å². The molecule has 0 amide bonds. The number of hydrogen-bond acceptors (Lipinski definition) is 4. The number of nitro groups is 1. The molecule has 1 heterocycles. The monoisotopic (exact) mass is 243 g/mol. The van der Waals surface area contributed by atoms with Crippen LogP contribution in [0.2, 0.25) is 0 Å². The number of rotatable bonds is 4. The first-order chi connectivity index (χ1) is 8.68. The number of hydrogen-bond donors (Lipinski definition) is 1. The zero-order valence-corrected chi connectivity index (χ0v) is 9.69. The van der Waals surface area contributed by atoms with Crippen LogP contribution in [0.1, 0.15) is 17.2 Å². The summed E-state index contributed by atoms with van der Waals surface area (Å²) in [6.07, 6.45) is 3.22. The van der Waals surface area contributed by atoms with Crippen LogP contribution in [0.3, 0.4) is 0 Å². The third-order valence-corrected chi connectivity index (χ3v) is 2.75. The summed E-state index contributed by atoms with van der Waals surface area (Å²) < 4.78 is 0. The summed E-state index contributed by atoms with van der Waals surface area (Å²) in [6.45, 7) is 0. The Bertz CT molecular complexity index is 543. The lowest BCUT2D eigenvalue weighted by Gasteiger charge is -2.11. The van der Waals surface area contributed by atoms with Crippen LogP contribution in [0, 0.1) is 10.1 Å². The molecule has 18 heavy (non-hydrogen) atoms. The maximum absolute atomic E-state index is 10.9. The quantitative estimate of drug-likeness (QED) is 0.659. The van der Waals surface area contributed by atoms with Gasteiger partial charge in [0.25, 0.3) is 5.69 Å². The number of aromatic nitrogens is 1. The minimum atomic E-state index is -0.431. The second-order valence-corrected chi connectivity index (χ2v) is 3.98. The maximum atomic E-state index is 10.9. The van der Waals surface area contributed by atoms with Gasteiger partial charge in [0.05, 0.1) is 4.92 Å². The standard InChI is InChI=1S/C13H13N3O2/c14-12(10-4-2-1-3-5-10)8-11-6-7-15-9-13(11)16(17)18/h1-7,9,12H,8,14H2. The Labute approximate surface area is 104 Å². The summed E-state index contributed by atoms with van der Waals surface area (Å²) in [4.78, 5) is 14.2. The largest absolute Gasteiger partial charge is 0.324 e. The van der Waals surface area contributed by atoms with Crippen molar-refractivity contribution in [2.45, 2.75) is 12.5 Å². The molecule has 0 spiro atoms. The highest BCUT2D eigenvalue weighted by Crippen LogP contribution is 2.22. The van der Waals surface area contributed by atoms with Gasteiger partial charge in [-0.1, -0.05) is 30.3 Å². The van der Waals surface area contributed by atoms with E-state index in [-0.39, 0.29) is 11.7 Å². The van der Waals surface area contributed by atoms with Crippen molar-refractivity contribution in [3.8, 4) is 0 Å². The predicted octanol–water partition coefficient (Wildman–Crippen LogP) is 2.23. The molecule has 1 aromatic carbocycles. The van der Waals surface area contributed by atoms with Crippen LogP contribution in [0.15, 0.2) is 48.8 Å². The van der Waals surface area contributed by atoms with Crippen LogP contribution >= 0.6 is 0 Å². The smallest absolute Gasteiger partial charge is 0.290 e. The van der Waals surface area contributed by atoms with Gasteiger partial charge in [-0.15, -0.1) is 0 Å². The highest BCUT2D eigenvalue weighted by atomic mass is 16.6. The summed E-state index contributed by atoms with van der Waals surface area (Å²) in [5.74, 6) is 0. The van der Waals surface area contributed by atoms with E-state index in [1.165, 1.54) is 6.20 Å². The summed E-state index contributed by atoms with van der Waals surface area (Å²) in [6, 6.07) is 10.9. The normalized spacial score (nSPS) is 12.1. The van der Waals surface area contributed by atoms with Gasteiger partial charge in [-0.2, -0.15) is 0 Å². The molecule has 0 bridgehead atoms. The zero-order valence-electron chi connectivity index (χ0n) is 9.69. The van der Waals surface area contributed by atoms with Crippen molar-refractivity contribution in [2.24, 2.45) is 5.73 Å². The van der Waals surface area contributed by atoms with Crippen molar-refractivity contribution in [2.75, 3.05) is 0 Å². The first-order valence-corrected chi connectivity index (χ1v) is 5.56. The van der Waals surface area contributed by atoms with Crippen molar-refractivity contribution < 1.29 is 4.92 Å². The maximum Gasteiger partial charge on any atom is 0.290 e. The molecule has 0 saturated carbocycles. The van der Waals surface area contributed by atoms with Crippen molar-refractivity contribution in [1.82, 2.24) is 4.98 Å². The van der Waals surface area contributed by atoms with E-state index in [2.05, 4.69) is 4.98 Å². The predicted molar refractivity (Wildman–Crippen MR) is 68.0 cm³/mol. The van der Waals surface area contributed by atoms with E-state index < -0.39 is 4.92 Å². The Morgan fingerprint density at radius 2 is 2.00 bits per heavy atom. The summed E-state index contributed by atoms with van der Waals surface area (Å²) in [5.41, 5.74) is 7.64. The average Bonchev–Trinajstić information content (AvgIpc) is 2.40. The van der Waals surface area contributed by atoms with Crippen LogP contribution in [0.5, 0.6) is 0 Å². The second kappa shape index (κ2) is 5.37. The molecule has 0 aliphatic heterocycles. The number of benzene rings is 1. The number of nitrogens with zero attached hydrogens (tertiary/aromatic N) is 2. The van der Waals surface area contributed by atoms with Crippen LogP contribution < -0.4 is 5.73 Å². The van der Waals surface area contributed by atoms with E-state index >= 15 is 0 Å². The average molecular weight is 243 g/mol. The number of nitrogens with two attached hydrogens (primary N) is 1. The van der Waals surface area contributed by atoms with E-state index in [0.29, 0.717) is 12.0 Å². The lowest BCUT2D eigenvalue weighted by molar-refractivity contribution is -0.385. The molecule has 0 saturated heterocycles. The molecule has 1 atom stereocenters. The van der Waals surface area contributed by atoms with E-state index in [4.69, 9.17) is 5.73 Å². The molecule has 2 rings (SSSR count). The molecule has 1 unspecified atom stereocenters. The van der Waals surface area contributed by atoms with Gasteiger partial charge >= 0.3 is 0 Å². The third-order valence-electron chi connectivity index (χ3n) is 2.75. The molecule has 2 aromatic rings. The molecule has 0 aliphatic rings. The van der Waals surface area contributed by atoms with Gasteiger partial charge < -0.3 is 5.73 Å². The van der Waals surface area contributed by atoms with Gasteiger partial charge in [0.15, 0.2) is 0 Å². The highest BCUT2D eigenvalue weighted by Gasteiger charge is 2.16. The fourth-order valence-corrected chi connectivity index (χ4v) is 1.81. The van der Waals surface area contributed by atoms with Gasteiger partial charge in [0.1, 0.15) is 6.20 Å². The molecular formula is C13H13N3O2. The van der Waals surface area contributed by atoms with Gasteiger partial charge in [-0.25, -0.2) is 0 Å².